The van der Waals surface area contributed by atoms with Crippen molar-refractivity contribution in [2.45, 2.75) is 30.5 Å². The van der Waals surface area contributed by atoms with Gasteiger partial charge in [0.1, 0.15) is 0 Å². The Balaban J connectivity index is 2.04. The van der Waals surface area contributed by atoms with Gasteiger partial charge in [-0.3, -0.25) is 9.59 Å². The van der Waals surface area contributed by atoms with Crippen LogP contribution in [0.1, 0.15) is 20.3 Å². The van der Waals surface area contributed by atoms with Crippen molar-refractivity contribution in [3.8, 4) is 0 Å². The van der Waals surface area contributed by atoms with Crippen LogP contribution in [0.4, 0.5) is 11.4 Å². The molecule has 0 fully saturated rings. The van der Waals surface area contributed by atoms with Gasteiger partial charge in [-0.15, -0.1) is 0 Å². The Bertz CT molecular complexity index is 725. The molecule has 0 radical (unpaired) electrons. The van der Waals surface area contributed by atoms with Crippen molar-refractivity contribution >= 4 is 46.6 Å². The number of halogens is 1. The predicted octanol–water partition coefficient (Wildman–Crippen LogP) is 4.20. The van der Waals surface area contributed by atoms with Gasteiger partial charge in [-0.1, -0.05) is 36.4 Å². The fraction of sp³-hybridized carbons (Fsp3) is 0.235. The van der Waals surface area contributed by atoms with Crippen LogP contribution in [-0.2, 0) is 9.59 Å². The summed E-state index contributed by atoms with van der Waals surface area (Å²) in [6, 6.07) is 10.5. The summed E-state index contributed by atoms with van der Waals surface area (Å²) in [4.78, 5) is 28.0. The zero-order chi connectivity index (χ0) is 17.5. The zero-order valence-electron chi connectivity index (χ0n) is 13.4. The number of nitrogens with one attached hydrogen (secondary N) is 2. The zero-order valence-corrected chi connectivity index (χ0v) is 14.9. The quantitative estimate of drug-likeness (QED) is 0.754. The third-order valence-electron chi connectivity index (χ3n) is 3.13. The van der Waals surface area contributed by atoms with Crippen molar-refractivity contribution in [1.82, 2.24) is 4.98 Å². The minimum absolute atomic E-state index is 0.103. The van der Waals surface area contributed by atoms with Crippen molar-refractivity contribution in [1.29, 1.82) is 0 Å². The lowest BCUT2D eigenvalue weighted by atomic mass is 10.2. The summed E-state index contributed by atoms with van der Waals surface area (Å²) in [5.74, 6) is -0.291. The average molecular weight is 364 g/mol. The second kappa shape index (κ2) is 8.70. The van der Waals surface area contributed by atoms with Crippen LogP contribution >= 0.6 is 23.4 Å². The molecule has 2 rings (SSSR count). The number of hydrogen-bond donors (Lipinski definition) is 2. The maximum Gasteiger partial charge on any atom is 0.237 e. The number of hydrogen-bond acceptors (Lipinski definition) is 4. The summed E-state index contributed by atoms with van der Waals surface area (Å²) in [7, 11) is 0. The molecule has 0 saturated heterocycles. The van der Waals surface area contributed by atoms with Crippen molar-refractivity contribution in [2.75, 3.05) is 10.6 Å². The van der Waals surface area contributed by atoms with E-state index in [9.17, 15) is 9.59 Å². The van der Waals surface area contributed by atoms with Gasteiger partial charge >= 0.3 is 0 Å². The molecule has 1 aromatic heterocycles. The number of anilines is 2. The van der Waals surface area contributed by atoms with E-state index in [1.807, 2.05) is 18.2 Å². The first-order valence-corrected chi connectivity index (χ1v) is 8.73. The van der Waals surface area contributed by atoms with Crippen molar-refractivity contribution in [3.05, 3.63) is 47.6 Å². The largest absolute Gasteiger partial charge is 0.326 e. The third kappa shape index (κ3) is 5.25. The Morgan fingerprint density at radius 1 is 1.25 bits per heavy atom. The van der Waals surface area contributed by atoms with Gasteiger partial charge in [-0.2, -0.15) is 0 Å². The maximum atomic E-state index is 12.4. The Kier molecular flexibility index (Phi) is 6.63. The molecule has 2 N–H and O–H groups in total. The first-order chi connectivity index (χ1) is 11.5. The van der Waals surface area contributed by atoms with Crippen LogP contribution in [0.5, 0.6) is 0 Å². The number of carbonyl (C=O) groups excluding carboxylic acids is 2. The predicted molar refractivity (Wildman–Crippen MR) is 98.6 cm³/mol. The first kappa shape index (κ1) is 18.3. The number of amides is 2. The minimum Gasteiger partial charge on any atom is -0.326 e. The lowest BCUT2D eigenvalue weighted by Gasteiger charge is -2.14. The number of nitrogens with zero attached hydrogens (tertiary/aromatic N) is 1. The van der Waals surface area contributed by atoms with Crippen LogP contribution in [0.25, 0.3) is 0 Å². The molecule has 1 heterocycles. The fourth-order valence-electron chi connectivity index (χ4n) is 1.83. The van der Waals surface area contributed by atoms with Gasteiger partial charge in [-0.25, -0.2) is 4.98 Å². The molecule has 0 bridgehead atoms. The highest BCUT2D eigenvalue weighted by Gasteiger charge is 2.16. The van der Waals surface area contributed by atoms with E-state index in [2.05, 4.69) is 15.6 Å². The highest BCUT2D eigenvalue weighted by Crippen LogP contribution is 2.27. The molecule has 0 aliphatic carbocycles. The van der Waals surface area contributed by atoms with E-state index in [-0.39, 0.29) is 17.1 Å². The molecule has 126 valence electrons. The molecule has 1 aromatic carbocycles. The number of thioether (sulfide) groups is 1. The third-order valence-corrected chi connectivity index (χ3v) is 4.51. The molecule has 5 nitrogen and oxygen atoms in total. The Morgan fingerprint density at radius 2 is 2.04 bits per heavy atom. The lowest BCUT2D eigenvalue weighted by molar-refractivity contribution is -0.116. The molecular weight excluding hydrogens is 346 g/mol. The van der Waals surface area contributed by atoms with Crippen molar-refractivity contribution in [2.24, 2.45) is 0 Å². The van der Waals surface area contributed by atoms with Crippen molar-refractivity contribution in [3.63, 3.8) is 0 Å². The van der Waals surface area contributed by atoms with Crippen LogP contribution < -0.4 is 10.6 Å². The van der Waals surface area contributed by atoms with Crippen LogP contribution in [0.2, 0.25) is 5.02 Å². The number of pyridine rings is 1. The van der Waals surface area contributed by atoms with Crippen LogP contribution in [0, 0.1) is 0 Å². The summed E-state index contributed by atoms with van der Waals surface area (Å²) in [5, 5.41) is 6.37. The second-order valence-electron chi connectivity index (χ2n) is 5.01. The molecule has 1 atom stereocenters. The summed E-state index contributed by atoms with van der Waals surface area (Å²) >= 11 is 7.49. The topological polar surface area (TPSA) is 71.1 Å². The molecule has 1 unspecified atom stereocenters. The van der Waals surface area contributed by atoms with E-state index in [4.69, 9.17) is 11.6 Å². The normalized spacial score (nSPS) is 11.6. The Hall–Kier alpha value is -2.05. The first-order valence-electron chi connectivity index (χ1n) is 7.47. The van der Waals surface area contributed by atoms with Gasteiger partial charge in [0.05, 0.1) is 21.0 Å². The lowest BCUT2D eigenvalue weighted by Crippen LogP contribution is -2.22. The van der Waals surface area contributed by atoms with Gasteiger partial charge in [0.25, 0.3) is 0 Å². The van der Waals surface area contributed by atoms with E-state index in [1.165, 1.54) is 11.8 Å². The van der Waals surface area contributed by atoms with Gasteiger partial charge < -0.3 is 10.6 Å². The molecule has 0 aliphatic rings. The summed E-state index contributed by atoms with van der Waals surface area (Å²) < 4.78 is 0. The van der Waals surface area contributed by atoms with Crippen LogP contribution in [-0.4, -0.2) is 22.0 Å². The van der Waals surface area contributed by atoms with Crippen LogP contribution in [0.3, 0.4) is 0 Å². The molecule has 2 amide bonds. The molecule has 0 aliphatic heterocycles. The minimum atomic E-state index is -0.343. The van der Waals surface area contributed by atoms with E-state index in [0.717, 1.165) is 5.03 Å². The monoisotopic (exact) mass is 363 g/mol. The average Bonchev–Trinajstić information content (AvgIpc) is 2.58. The number of aromatic nitrogens is 1. The molecule has 24 heavy (non-hydrogen) atoms. The summed E-state index contributed by atoms with van der Waals surface area (Å²) in [6.07, 6.45) is 2.06. The smallest absolute Gasteiger partial charge is 0.237 e. The highest BCUT2D eigenvalue weighted by molar-refractivity contribution is 8.00. The highest BCUT2D eigenvalue weighted by atomic mass is 35.5. The maximum absolute atomic E-state index is 12.4. The van der Waals surface area contributed by atoms with E-state index < -0.39 is 0 Å². The summed E-state index contributed by atoms with van der Waals surface area (Å²) in [6.45, 7) is 3.57. The molecule has 0 saturated carbocycles. The SMILES string of the molecule is CCC(=O)Nc1ccc(Cl)c(NC(=O)C(C)Sc2ccccn2)c1. The summed E-state index contributed by atoms with van der Waals surface area (Å²) in [5.41, 5.74) is 1.05. The fourth-order valence-corrected chi connectivity index (χ4v) is 2.81. The van der Waals surface area contributed by atoms with E-state index >= 15 is 0 Å². The van der Waals surface area contributed by atoms with E-state index in [1.54, 1.807) is 38.2 Å². The van der Waals surface area contributed by atoms with Gasteiger partial charge in [-0.05, 0) is 37.3 Å². The van der Waals surface area contributed by atoms with Crippen LogP contribution in [0.15, 0.2) is 47.6 Å². The number of rotatable bonds is 6. The number of benzene rings is 1. The molecular formula is C17H18ClN3O2S. The Labute approximate surface area is 150 Å². The molecule has 7 heteroatoms. The van der Waals surface area contributed by atoms with Gasteiger partial charge in [0, 0.05) is 18.3 Å². The Morgan fingerprint density at radius 3 is 2.71 bits per heavy atom. The second-order valence-corrected chi connectivity index (χ2v) is 6.78. The standard InChI is InChI=1S/C17H18ClN3O2S/c1-3-15(22)20-12-7-8-13(18)14(10-12)21-17(23)11(2)24-16-6-4-5-9-19-16/h4-11H,3H2,1-2H3,(H,20,22)(H,21,23). The van der Waals surface area contributed by atoms with Gasteiger partial charge in [0.2, 0.25) is 11.8 Å². The van der Waals surface area contributed by atoms with Gasteiger partial charge in [0.15, 0.2) is 0 Å². The number of carbonyl (C=O) groups is 2. The molecule has 0 spiro atoms. The van der Waals surface area contributed by atoms with E-state index in [0.29, 0.717) is 22.8 Å². The van der Waals surface area contributed by atoms with Crippen molar-refractivity contribution < 1.29 is 9.59 Å². The molecule has 2 aromatic rings.